The number of phosphoric acid groups is 1. The predicted molar refractivity (Wildman–Crippen MR) is 131 cm³/mol. The highest BCUT2D eigenvalue weighted by atomic mass is 79.9. The molecular weight excluding hydrogens is 595 g/mol. The monoisotopic (exact) mass is 619 g/mol. The number of aliphatic hydroxyl groups excluding tert-OH is 1. The minimum Gasteiger partial charge on any atom is -0.387 e. The van der Waals surface area contributed by atoms with Gasteiger partial charge in [-0.1, -0.05) is 15.9 Å². The zero-order valence-electron chi connectivity index (χ0n) is 20.4. The third kappa shape index (κ3) is 4.86. The Morgan fingerprint density at radius 1 is 1.29 bits per heavy atom. The number of anilines is 1. The van der Waals surface area contributed by atoms with E-state index >= 15 is 0 Å². The maximum Gasteiger partial charge on any atom is 0.476 e. The van der Waals surface area contributed by atoms with Crippen LogP contribution in [0, 0.1) is 11.6 Å². The molecule has 0 spiro atoms. The van der Waals surface area contributed by atoms with Crippen LogP contribution in [-0.4, -0.2) is 59.7 Å². The molecule has 6 atom stereocenters. The van der Waals surface area contributed by atoms with E-state index in [1.54, 1.807) is 13.8 Å². The Bertz CT molecular complexity index is 1440. The number of imidazole rings is 1. The van der Waals surface area contributed by atoms with Crippen molar-refractivity contribution in [1.29, 1.82) is 0 Å². The van der Waals surface area contributed by atoms with Gasteiger partial charge in [0.1, 0.15) is 35.8 Å². The fourth-order valence-corrected chi connectivity index (χ4v) is 6.73. The number of benzene rings is 1. The molecule has 2 aliphatic rings. The van der Waals surface area contributed by atoms with Gasteiger partial charge in [0.25, 0.3) is 0 Å². The number of rotatable bonds is 5. The van der Waals surface area contributed by atoms with E-state index in [2.05, 4.69) is 30.9 Å². The Kier molecular flexibility index (Phi) is 6.88. The predicted octanol–water partition coefficient (Wildman–Crippen LogP) is 3.54. The molecule has 1 aromatic carbocycles. The number of aliphatic hydroxyl groups is 2. The summed E-state index contributed by atoms with van der Waals surface area (Å²) in [6.45, 7) is 4.01. The van der Waals surface area contributed by atoms with Crippen molar-refractivity contribution in [3.63, 3.8) is 0 Å². The quantitative estimate of drug-likeness (QED) is 0.282. The fourth-order valence-electron chi connectivity index (χ4n) is 4.62. The zero-order chi connectivity index (χ0) is 27.6. The van der Waals surface area contributed by atoms with Crippen molar-refractivity contribution in [2.75, 3.05) is 12.3 Å². The van der Waals surface area contributed by atoms with Crippen LogP contribution in [0.1, 0.15) is 45.1 Å². The van der Waals surface area contributed by atoms with Crippen LogP contribution < -0.4 is 5.73 Å². The molecule has 0 amide bonds. The van der Waals surface area contributed by atoms with E-state index in [-0.39, 0.29) is 33.4 Å². The van der Waals surface area contributed by atoms with Crippen LogP contribution in [0.5, 0.6) is 0 Å². The summed E-state index contributed by atoms with van der Waals surface area (Å²) in [5.41, 5.74) is 3.24. The van der Waals surface area contributed by atoms with Gasteiger partial charge < -0.3 is 20.7 Å². The van der Waals surface area contributed by atoms with Gasteiger partial charge in [-0.25, -0.2) is 28.3 Å². The second-order valence-corrected chi connectivity index (χ2v) is 12.4. The van der Waals surface area contributed by atoms with Gasteiger partial charge in [0.2, 0.25) is 0 Å². The van der Waals surface area contributed by atoms with Gasteiger partial charge in [-0.15, -0.1) is 0 Å². The molecule has 206 valence electrons. The third-order valence-corrected chi connectivity index (χ3v) is 8.61. The number of aromatic nitrogens is 4. The van der Waals surface area contributed by atoms with Gasteiger partial charge in [-0.2, -0.15) is 0 Å². The number of halogens is 3. The molecule has 12 nitrogen and oxygen atoms in total. The average Bonchev–Trinajstić information content (AvgIpc) is 3.33. The Morgan fingerprint density at radius 2 is 2.03 bits per heavy atom. The standard InChI is InChI=1S/C22H25BrF2N5O7P/c1-21(2)6-13(11-4-10(23)5-12(24)15(11)25)36-38(33,37-21)34-7-14-17(31)22(3,32)20(35-14)30-9-29-16-18(26)27-8-28-19(16)30/h4-5,8-9,13-14,17,20,31-32H,6-7H2,1-3H3,(H2,26,27,28)/t13?,14-,17-,20-,22-,38?/m1/s1. The molecule has 4 heterocycles. The normalized spacial score (nSPS) is 33.2. The summed E-state index contributed by atoms with van der Waals surface area (Å²) in [5.74, 6) is -2.13. The van der Waals surface area contributed by atoms with E-state index in [1.807, 2.05) is 0 Å². The molecule has 2 aromatic heterocycles. The lowest BCUT2D eigenvalue weighted by Gasteiger charge is -2.39. The van der Waals surface area contributed by atoms with Crippen molar-refractivity contribution in [3.8, 4) is 0 Å². The van der Waals surface area contributed by atoms with E-state index in [0.717, 1.165) is 6.07 Å². The molecule has 3 aromatic rings. The zero-order valence-corrected chi connectivity index (χ0v) is 22.9. The number of nitrogen functional groups attached to an aromatic ring is 1. The van der Waals surface area contributed by atoms with E-state index in [1.165, 1.54) is 30.2 Å². The molecule has 0 radical (unpaired) electrons. The van der Waals surface area contributed by atoms with Crippen LogP contribution in [0.25, 0.3) is 11.2 Å². The number of nitrogens with two attached hydrogens (primary N) is 1. The summed E-state index contributed by atoms with van der Waals surface area (Å²) >= 11 is 3.12. The lowest BCUT2D eigenvalue weighted by atomic mass is 9.96. The number of ether oxygens (including phenoxy) is 1. The highest BCUT2D eigenvalue weighted by Crippen LogP contribution is 2.62. The first-order valence-electron chi connectivity index (χ1n) is 11.5. The molecule has 38 heavy (non-hydrogen) atoms. The highest BCUT2D eigenvalue weighted by Gasteiger charge is 2.55. The topological polar surface area (TPSA) is 164 Å². The maximum absolute atomic E-state index is 14.6. The minimum absolute atomic E-state index is 0.0468. The van der Waals surface area contributed by atoms with Crippen molar-refractivity contribution in [1.82, 2.24) is 19.5 Å². The first kappa shape index (κ1) is 27.5. The van der Waals surface area contributed by atoms with Gasteiger partial charge in [0, 0.05) is 16.5 Å². The molecule has 2 saturated heterocycles. The van der Waals surface area contributed by atoms with Gasteiger partial charge in [-0.3, -0.25) is 18.1 Å². The smallest absolute Gasteiger partial charge is 0.387 e. The third-order valence-electron chi connectivity index (χ3n) is 6.45. The van der Waals surface area contributed by atoms with Gasteiger partial charge in [0.15, 0.2) is 29.3 Å². The Morgan fingerprint density at radius 3 is 2.76 bits per heavy atom. The Balaban J connectivity index is 1.37. The first-order chi connectivity index (χ1) is 17.7. The highest BCUT2D eigenvalue weighted by molar-refractivity contribution is 9.10. The van der Waals surface area contributed by atoms with Crippen LogP contribution in [-0.2, 0) is 22.9 Å². The first-order valence-corrected chi connectivity index (χ1v) is 13.7. The van der Waals surface area contributed by atoms with E-state index in [4.69, 9.17) is 24.0 Å². The molecule has 4 N–H and O–H groups in total. The number of hydrogen-bond acceptors (Lipinski definition) is 11. The lowest BCUT2D eigenvalue weighted by Crippen LogP contribution is -2.44. The fraction of sp³-hybridized carbons (Fsp3) is 0.500. The number of fused-ring (bicyclic) bond motifs is 1. The van der Waals surface area contributed by atoms with Crippen LogP contribution in [0.4, 0.5) is 14.6 Å². The van der Waals surface area contributed by atoms with E-state index < -0.39 is 61.8 Å². The molecule has 16 heteroatoms. The van der Waals surface area contributed by atoms with Crippen LogP contribution in [0.15, 0.2) is 29.3 Å². The Labute approximate surface area is 223 Å². The van der Waals surface area contributed by atoms with Crippen molar-refractivity contribution >= 4 is 40.7 Å². The molecule has 2 unspecified atom stereocenters. The van der Waals surface area contributed by atoms with Crippen LogP contribution in [0.2, 0.25) is 0 Å². The SMILES string of the molecule is CC1(C)CC(c2cc(Br)cc(F)c2F)OP(=O)(OC[C@H]2O[C@@H](n3cnc4c(N)ncnc43)[C@](C)(O)[C@@H]2O)O1. The molecule has 0 aliphatic carbocycles. The lowest BCUT2D eigenvalue weighted by molar-refractivity contribution is -0.0967. The number of phosphoric ester groups is 1. The maximum atomic E-state index is 14.6. The van der Waals surface area contributed by atoms with Crippen molar-refractivity contribution < 1.29 is 41.9 Å². The van der Waals surface area contributed by atoms with E-state index in [0.29, 0.717) is 0 Å². The molecule has 0 bridgehead atoms. The van der Waals surface area contributed by atoms with Gasteiger partial charge in [-0.05, 0) is 32.9 Å². The molecular formula is C22H25BrF2N5O7P. The van der Waals surface area contributed by atoms with Gasteiger partial charge >= 0.3 is 7.82 Å². The average molecular weight is 620 g/mol. The summed E-state index contributed by atoms with van der Waals surface area (Å²) in [7, 11) is -4.39. The summed E-state index contributed by atoms with van der Waals surface area (Å²) in [6, 6.07) is 2.29. The summed E-state index contributed by atoms with van der Waals surface area (Å²) in [5, 5.41) is 21.9. The van der Waals surface area contributed by atoms with Crippen LogP contribution >= 0.6 is 23.8 Å². The van der Waals surface area contributed by atoms with E-state index in [9.17, 15) is 23.6 Å². The molecule has 2 fully saturated rings. The van der Waals surface area contributed by atoms with Crippen molar-refractivity contribution in [2.45, 2.75) is 62.9 Å². The second-order valence-electron chi connectivity index (χ2n) is 9.96. The molecule has 2 aliphatic heterocycles. The second kappa shape index (κ2) is 9.52. The van der Waals surface area contributed by atoms with Crippen molar-refractivity contribution in [3.05, 3.63) is 46.5 Å². The number of hydrogen-bond donors (Lipinski definition) is 3. The van der Waals surface area contributed by atoms with Crippen molar-refractivity contribution in [2.24, 2.45) is 0 Å². The largest absolute Gasteiger partial charge is 0.476 e. The number of nitrogens with zero attached hydrogens (tertiary/aromatic N) is 4. The minimum atomic E-state index is -4.39. The van der Waals surface area contributed by atoms with Gasteiger partial charge in [0.05, 0.1) is 18.5 Å². The molecule has 5 rings (SSSR count). The summed E-state index contributed by atoms with van der Waals surface area (Å²) in [4.78, 5) is 12.1. The van der Waals surface area contributed by atoms with Crippen LogP contribution in [0.3, 0.4) is 0 Å². The summed E-state index contributed by atoms with van der Waals surface area (Å²) < 4.78 is 66.3. The Hall–Kier alpha value is -2.10. The molecule has 0 saturated carbocycles. The summed E-state index contributed by atoms with van der Waals surface area (Å²) in [6.07, 6.45) is -2.46.